The molecule has 20 heavy (non-hydrogen) atoms. The van der Waals surface area contributed by atoms with Crippen LogP contribution in [0.3, 0.4) is 0 Å². The molecule has 0 amide bonds. The maximum atomic E-state index is 11.1. The Morgan fingerprint density at radius 1 is 0.750 bits per heavy atom. The van der Waals surface area contributed by atoms with E-state index in [9.17, 15) is 19.8 Å². The molecule has 0 aliphatic heterocycles. The van der Waals surface area contributed by atoms with Crippen LogP contribution in [-0.4, -0.2) is 11.9 Å². The molecule has 6 heteroatoms. The molecule has 0 aromatic carbocycles. The molecule has 0 N–H and O–H groups in total. The standard InChI is InChI=1S/C14H14O4S2/c1-5-9(7(3)19-11(5)13(15)16)10-6(2)12(14(17)18)20-8(10)4/h1-4H3,(H,15,16)(H,17,18)/p-2. The third-order valence-electron chi connectivity index (χ3n) is 3.27. The lowest BCUT2D eigenvalue weighted by atomic mass is 9.97. The normalized spacial score (nSPS) is 10.8. The van der Waals surface area contributed by atoms with Crippen molar-refractivity contribution in [3.05, 3.63) is 30.6 Å². The second-order valence-electron chi connectivity index (χ2n) is 4.55. The lowest BCUT2D eigenvalue weighted by Crippen LogP contribution is -2.22. The molecule has 0 bridgehead atoms. The average Bonchev–Trinajstić information content (AvgIpc) is 2.78. The number of carboxylic acids is 2. The highest BCUT2D eigenvalue weighted by molar-refractivity contribution is 7.15. The van der Waals surface area contributed by atoms with E-state index < -0.39 is 11.9 Å². The zero-order valence-electron chi connectivity index (χ0n) is 11.4. The Balaban J connectivity index is 2.76. The fraction of sp³-hybridized carbons (Fsp3) is 0.286. The Morgan fingerprint density at radius 2 is 1.05 bits per heavy atom. The third kappa shape index (κ3) is 2.14. The lowest BCUT2D eigenvalue weighted by Gasteiger charge is -2.07. The van der Waals surface area contributed by atoms with Crippen LogP contribution in [-0.2, 0) is 0 Å². The van der Waals surface area contributed by atoms with E-state index >= 15 is 0 Å². The molecular formula is C14H12O4S2-2. The molecule has 2 rings (SSSR count). The van der Waals surface area contributed by atoms with Gasteiger partial charge in [0, 0.05) is 20.9 Å². The van der Waals surface area contributed by atoms with Crippen molar-refractivity contribution in [2.24, 2.45) is 0 Å². The molecule has 2 heterocycles. The molecule has 0 spiro atoms. The highest BCUT2D eigenvalue weighted by Gasteiger charge is 2.21. The van der Waals surface area contributed by atoms with Crippen LogP contribution in [0.2, 0.25) is 0 Å². The largest absolute Gasteiger partial charge is 0.544 e. The van der Waals surface area contributed by atoms with E-state index in [0.29, 0.717) is 11.1 Å². The van der Waals surface area contributed by atoms with Gasteiger partial charge in [-0.1, -0.05) is 0 Å². The van der Waals surface area contributed by atoms with Crippen molar-refractivity contribution in [3.8, 4) is 11.1 Å². The summed E-state index contributed by atoms with van der Waals surface area (Å²) >= 11 is 2.32. The monoisotopic (exact) mass is 308 g/mol. The first kappa shape index (κ1) is 14.7. The number of thiophene rings is 2. The van der Waals surface area contributed by atoms with Crippen LogP contribution in [0.1, 0.15) is 40.2 Å². The van der Waals surface area contributed by atoms with Crippen molar-refractivity contribution in [3.63, 3.8) is 0 Å². The number of hydrogen-bond donors (Lipinski definition) is 0. The van der Waals surface area contributed by atoms with Crippen molar-refractivity contribution in [1.82, 2.24) is 0 Å². The van der Waals surface area contributed by atoms with Crippen LogP contribution in [0.5, 0.6) is 0 Å². The maximum Gasteiger partial charge on any atom is 0.0818 e. The topological polar surface area (TPSA) is 80.3 Å². The molecule has 2 aromatic rings. The number of aromatic carboxylic acids is 2. The molecule has 0 unspecified atom stereocenters. The SMILES string of the molecule is Cc1sc(C(=O)[O-])c(C)c1-c1c(C)sc(C(=O)[O-])c1C. The first-order chi connectivity index (χ1) is 9.25. The van der Waals surface area contributed by atoms with Gasteiger partial charge in [0.05, 0.1) is 21.7 Å². The summed E-state index contributed by atoms with van der Waals surface area (Å²) in [5.41, 5.74) is 2.85. The summed E-state index contributed by atoms with van der Waals surface area (Å²) in [5, 5.41) is 22.2. The van der Waals surface area contributed by atoms with Crippen LogP contribution in [0.4, 0.5) is 0 Å². The summed E-state index contributed by atoms with van der Waals surface area (Å²) in [6, 6.07) is 0. The van der Waals surface area contributed by atoms with Crippen LogP contribution in [0.15, 0.2) is 0 Å². The van der Waals surface area contributed by atoms with Crippen molar-refractivity contribution >= 4 is 34.6 Å². The van der Waals surface area contributed by atoms with E-state index in [-0.39, 0.29) is 9.75 Å². The second kappa shape index (κ2) is 5.03. The first-order valence-electron chi connectivity index (χ1n) is 5.88. The Labute approximate surface area is 124 Å². The number of aryl methyl sites for hydroxylation is 2. The summed E-state index contributed by atoms with van der Waals surface area (Å²) in [7, 11) is 0. The van der Waals surface area contributed by atoms with E-state index in [0.717, 1.165) is 43.6 Å². The van der Waals surface area contributed by atoms with Gasteiger partial charge < -0.3 is 19.8 Å². The minimum absolute atomic E-state index is 0.192. The van der Waals surface area contributed by atoms with E-state index in [2.05, 4.69) is 0 Å². The fourth-order valence-electron chi connectivity index (χ4n) is 2.43. The molecule has 4 nitrogen and oxygen atoms in total. The minimum Gasteiger partial charge on any atom is -0.544 e. The van der Waals surface area contributed by atoms with Gasteiger partial charge in [-0.2, -0.15) is 0 Å². The highest BCUT2D eigenvalue weighted by atomic mass is 32.1. The van der Waals surface area contributed by atoms with Gasteiger partial charge >= 0.3 is 0 Å². The summed E-state index contributed by atoms with van der Waals surface area (Å²) in [4.78, 5) is 24.3. The molecule has 0 atom stereocenters. The van der Waals surface area contributed by atoms with Crippen molar-refractivity contribution in [1.29, 1.82) is 0 Å². The van der Waals surface area contributed by atoms with Crippen LogP contribution in [0, 0.1) is 27.7 Å². The fourth-order valence-corrected chi connectivity index (χ4v) is 4.44. The van der Waals surface area contributed by atoms with Gasteiger partial charge in [-0.15, -0.1) is 22.7 Å². The second-order valence-corrected chi connectivity index (χ2v) is 7.00. The van der Waals surface area contributed by atoms with Gasteiger partial charge in [0.15, 0.2) is 0 Å². The molecular weight excluding hydrogens is 296 g/mol. The molecule has 0 fully saturated rings. The van der Waals surface area contributed by atoms with Gasteiger partial charge in [0.1, 0.15) is 0 Å². The highest BCUT2D eigenvalue weighted by Crippen LogP contribution is 2.42. The van der Waals surface area contributed by atoms with E-state index in [4.69, 9.17) is 0 Å². The summed E-state index contributed by atoms with van der Waals surface area (Å²) in [6.45, 7) is 7.10. The molecule has 0 aliphatic rings. The number of carbonyl (C=O) groups excluding carboxylic acids is 2. The molecule has 106 valence electrons. The van der Waals surface area contributed by atoms with Gasteiger partial charge in [0.25, 0.3) is 0 Å². The van der Waals surface area contributed by atoms with Gasteiger partial charge in [0.2, 0.25) is 0 Å². The Kier molecular flexibility index (Phi) is 3.71. The third-order valence-corrected chi connectivity index (χ3v) is 5.64. The Morgan fingerprint density at radius 3 is 1.25 bits per heavy atom. The van der Waals surface area contributed by atoms with Crippen LogP contribution in [0.25, 0.3) is 11.1 Å². The van der Waals surface area contributed by atoms with Crippen molar-refractivity contribution in [2.75, 3.05) is 0 Å². The van der Waals surface area contributed by atoms with E-state index in [1.807, 2.05) is 13.8 Å². The molecule has 0 saturated heterocycles. The smallest absolute Gasteiger partial charge is 0.0818 e. The Hall–Kier alpha value is -1.66. The van der Waals surface area contributed by atoms with Gasteiger partial charge in [-0.25, -0.2) is 0 Å². The van der Waals surface area contributed by atoms with Crippen LogP contribution < -0.4 is 10.2 Å². The number of hydrogen-bond acceptors (Lipinski definition) is 6. The van der Waals surface area contributed by atoms with Gasteiger partial charge in [-0.3, -0.25) is 0 Å². The lowest BCUT2D eigenvalue weighted by molar-refractivity contribution is -0.255. The predicted octanol–water partition coefficient (Wildman–Crippen LogP) is 1.44. The zero-order valence-corrected chi connectivity index (χ0v) is 13.1. The van der Waals surface area contributed by atoms with E-state index in [1.165, 1.54) is 0 Å². The van der Waals surface area contributed by atoms with Crippen molar-refractivity contribution in [2.45, 2.75) is 27.7 Å². The maximum absolute atomic E-state index is 11.1. The van der Waals surface area contributed by atoms with E-state index in [1.54, 1.807) is 13.8 Å². The number of carboxylic acid groups (broad SMARTS) is 2. The molecule has 0 radical (unpaired) electrons. The van der Waals surface area contributed by atoms with Crippen LogP contribution >= 0.6 is 22.7 Å². The quantitative estimate of drug-likeness (QED) is 0.859. The summed E-state index contributed by atoms with van der Waals surface area (Å²) < 4.78 is 0. The molecule has 2 aromatic heterocycles. The summed E-state index contributed by atoms with van der Waals surface area (Å²) in [6.07, 6.45) is 0. The average molecular weight is 308 g/mol. The van der Waals surface area contributed by atoms with Gasteiger partial charge in [-0.05, 0) is 38.8 Å². The molecule has 0 saturated carbocycles. The zero-order chi connectivity index (χ0) is 15.2. The molecule has 0 aliphatic carbocycles. The van der Waals surface area contributed by atoms with Crippen molar-refractivity contribution < 1.29 is 19.8 Å². The predicted molar refractivity (Wildman–Crippen MR) is 75.2 cm³/mol. The summed E-state index contributed by atoms with van der Waals surface area (Å²) in [5.74, 6) is -2.40. The number of carbonyl (C=O) groups is 2. The minimum atomic E-state index is -1.20. The number of rotatable bonds is 3. The Bertz CT molecular complexity index is 660. The first-order valence-corrected chi connectivity index (χ1v) is 7.52.